The predicted octanol–water partition coefficient (Wildman–Crippen LogP) is 6.93. The Labute approximate surface area is 331 Å². The Balaban J connectivity index is 0.932. The monoisotopic (exact) mass is 813 g/mol. The zero-order valence-corrected chi connectivity index (χ0v) is 33.1. The van der Waals surface area contributed by atoms with Gasteiger partial charge in [0.15, 0.2) is 0 Å². The number of piperazine rings is 1. The molecule has 3 heterocycles. The van der Waals surface area contributed by atoms with Crippen LogP contribution in [0.5, 0.6) is 0 Å². The summed E-state index contributed by atoms with van der Waals surface area (Å²) in [7, 11) is -8.60. The molecular formula is C41H40ClN5O5S3. The third kappa shape index (κ3) is 7.87. The standard InChI is InChI=1S/C41H40ClN5O5S3/c42-36-24-37-40(55(51,52)46(28-43-37)21-22-53-34-12-5-2-6-13-34)25-39(36)54(49,50)44-41(48)31-16-18-38-30(23-31)15-17-33-27-45(19-20-47(33)38)26-32-11-7-8-14-35(32)29-9-3-1-4-10-29/h1-14,16,18,23-25,33,43H,15,17,19-22,26-28H2,(H,44,48)/t33-/m0/s1. The topological polar surface area (TPSA) is 119 Å². The number of carbonyl (C=O) groups is 1. The van der Waals surface area contributed by atoms with E-state index < -0.39 is 30.8 Å². The summed E-state index contributed by atoms with van der Waals surface area (Å²) in [5, 5.41) is 2.84. The number of benzene rings is 5. The zero-order valence-electron chi connectivity index (χ0n) is 29.9. The number of thioether (sulfide) groups is 1. The summed E-state index contributed by atoms with van der Waals surface area (Å²) >= 11 is 7.94. The van der Waals surface area contributed by atoms with Crippen LogP contribution in [0.4, 0.5) is 11.4 Å². The average Bonchev–Trinajstić information content (AvgIpc) is 3.19. The maximum atomic E-state index is 13.6. The average molecular weight is 814 g/mol. The lowest BCUT2D eigenvalue weighted by Gasteiger charge is -2.46. The molecule has 0 aromatic heterocycles. The van der Waals surface area contributed by atoms with E-state index in [1.165, 1.54) is 38.8 Å². The first-order chi connectivity index (χ1) is 26.6. The maximum Gasteiger partial charge on any atom is 0.265 e. The van der Waals surface area contributed by atoms with E-state index in [-0.39, 0.29) is 34.4 Å². The normalized spacial score (nSPS) is 18.1. The number of nitrogens with zero attached hydrogens (tertiary/aromatic N) is 3. The van der Waals surface area contributed by atoms with E-state index in [0.29, 0.717) is 11.8 Å². The number of nitrogens with one attached hydrogen (secondary N) is 2. The minimum absolute atomic E-state index is 0.0158. The van der Waals surface area contributed by atoms with Crippen molar-refractivity contribution < 1.29 is 21.6 Å². The molecule has 1 fully saturated rings. The van der Waals surface area contributed by atoms with Gasteiger partial charge in [-0.2, -0.15) is 4.31 Å². The second kappa shape index (κ2) is 15.6. The van der Waals surface area contributed by atoms with Crippen molar-refractivity contribution in [1.82, 2.24) is 13.9 Å². The van der Waals surface area contributed by atoms with E-state index in [9.17, 15) is 21.6 Å². The molecule has 3 aliphatic rings. The molecule has 5 aromatic rings. The van der Waals surface area contributed by atoms with Crippen LogP contribution in [0.2, 0.25) is 5.02 Å². The molecule has 0 aliphatic carbocycles. The molecular weight excluding hydrogens is 774 g/mol. The van der Waals surface area contributed by atoms with Crippen LogP contribution in [0.3, 0.4) is 0 Å². The van der Waals surface area contributed by atoms with Gasteiger partial charge >= 0.3 is 0 Å². The van der Waals surface area contributed by atoms with E-state index in [0.717, 1.165) is 61.2 Å². The van der Waals surface area contributed by atoms with Crippen molar-refractivity contribution in [3.8, 4) is 11.1 Å². The van der Waals surface area contributed by atoms with Crippen molar-refractivity contribution >= 4 is 60.7 Å². The molecule has 1 saturated heterocycles. The highest BCUT2D eigenvalue weighted by molar-refractivity contribution is 7.99. The van der Waals surface area contributed by atoms with Crippen molar-refractivity contribution in [2.75, 3.05) is 48.8 Å². The minimum atomic E-state index is -4.55. The van der Waals surface area contributed by atoms with Gasteiger partial charge in [-0.25, -0.2) is 21.6 Å². The van der Waals surface area contributed by atoms with Gasteiger partial charge in [0.1, 0.15) is 9.79 Å². The maximum absolute atomic E-state index is 13.6. The van der Waals surface area contributed by atoms with Gasteiger partial charge in [-0.3, -0.25) is 9.69 Å². The van der Waals surface area contributed by atoms with Crippen LogP contribution in [-0.2, 0) is 33.0 Å². The van der Waals surface area contributed by atoms with Crippen molar-refractivity contribution in [3.63, 3.8) is 0 Å². The third-order valence-electron chi connectivity index (χ3n) is 10.4. The molecule has 14 heteroatoms. The second-order valence-electron chi connectivity index (χ2n) is 13.9. The molecule has 0 spiro atoms. The lowest BCUT2D eigenvalue weighted by Crippen LogP contribution is -2.54. The fourth-order valence-electron chi connectivity index (χ4n) is 7.66. The molecule has 1 atom stereocenters. The van der Waals surface area contributed by atoms with E-state index in [1.54, 1.807) is 12.1 Å². The molecule has 1 amide bonds. The van der Waals surface area contributed by atoms with Crippen LogP contribution in [0, 0.1) is 0 Å². The summed E-state index contributed by atoms with van der Waals surface area (Å²) in [5.74, 6) is -0.321. The summed E-state index contributed by atoms with van der Waals surface area (Å²) in [6.07, 6.45) is 1.66. The first kappa shape index (κ1) is 37.5. The Kier molecular flexibility index (Phi) is 10.7. The number of hydrogen-bond donors (Lipinski definition) is 2. The fourth-order valence-corrected chi connectivity index (χ4v) is 11.8. The van der Waals surface area contributed by atoms with E-state index >= 15 is 0 Å². The highest BCUT2D eigenvalue weighted by Gasteiger charge is 2.36. The first-order valence-electron chi connectivity index (χ1n) is 18.1. The smallest absolute Gasteiger partial charge is 0.265 e. The predicted molar refractivity (Wildman–Crippen MR) is 219 cm³/mol. The lowest BCUT2D eigenvalue weighted by atomic mass is 9.92. The van der Waals surface area contributed by atoms with Gasteiger partial charge in [0, 0.05) is 60.7 Å². The van der Waals surface area contributed by atoms with Crippen LogP contribution in [-0.4, -0.2) is 76.6 Å². The van der Waals surface area contributed by atoms with Crippen LogP contribution in [0.1, 0.15) is 27.9 Å². The summed E-state index contributed by atoms with van der Waals surface area (Å²) in [5.41, 5.74) is 6.20. The number of anilines is 2. The van der Waals surface area contributed by atoms with Gasteiger partial charge in [-0.15, -0.1) is 11.8 Å². The third-order valence-corrected chi connectivity index (χ3v) is 15.1. The number of fused-ring (bicyclic) bond motifs is 4. The minimum Gasteiger partial charge on any atom is -0.370 e. The molecule has 3 aliphatic heterocycles. The zero-order chi connectivity index (χ0) is 38.2. The Morgan fingerprint density at radius 2 is 1.65 bits per heavy atom. The molecule has 0 saturated carbocycles. The number of amides is 1. The van der Waals surface area contributed by atoms with E-state index in [4.69, 9.17) is 11.6 Å². The number of rotatable bonds is 10. The van der Waals surface area contributed by atoms with Crippen molar-refractivity contribution in [1.29, 1.82) is 0 Å². The van der Waals surface area contributed by atoms with Crippen molar-refractivity contribution in [2.24, 2.45) is 0 Å². The SMILES string of the molecule is O=C(NS(=O)(=O)c1cc2c(cc1Cl)NCN(CCSc1ccccc1)S2(=O)=O)c1ccc2c(c1)CC[C@H]1CN(Cc3ccccc3-c3ccccc3)CCN21. The summed E-state index contributed by atoms with van der Waals surface area (Å²) in [6.45, 7) is 3.72. The molecule has 5 aromatic carbocycles. The number of sulfonamides is 2. The molecule has 284 valence electrons. The van der Waals surface area contributed by atoms with Crippen molar-refractivity contribution in [2.45, 2.75) is 40.1 Å². The largest absolute Gasteiger partial charge is 0.370 e. The Morgan fingerprint density at radius 3 is 2.45 bits per heavy atom. The van der Waals surface area contributed by atoms with E-state index in [1.807, 2.05) is 42.5 Å². The van der Waals surface area contributed by atoms with Gasteiger partial charge in [-0.1, -0.05) is 84.4 Å². The van der Waals surface area contributed by atoms with Gasteiger partial charge < -0.3 is 10.2 Å². The number of hydrogen-bond acceptors (Lipinski definition) is 9. The second-order valence-corrected chi connectivity index (χ2v) is 19.0. The number of aryl methyl sites for hydroxylation is 1. The number of carbonyl (C=O) groups excluding carboxylic acids is 1. The molecule has 2 N–H and O–H groups in total. The Hall–Kier alpha value is -4.37. The molecule has 8 rings (SSSR count). The van der Waals surface area contributed by atoms with Crippen LogP contribution in [0.25, 0.3) is 11.1 Å². The molecule has 55 heavy (non-hydrogen) atoms. The Morgan fingerprint density at radius 1 is 0.909 bits per heavy atom. The highest BCUT2D eigenvalue weighted by atomic mass is 35.5. The molecule has 10 nitrogen and oxygen atoms in total. The Bertz CT molecular complexity index is 2450. The summed E-state index contributed by atoms with van der Waals surface area (Å²) in [4.78, 5) is 18.7. The van der Waals surface area contributed by atoms with Gasteiger partial charge in [-0.05, 0) is 77.6 Å². The van der Waals surface area contributed by atoms with Crippen LogP contribution >= 0.6 is 23.4 Å². The first-order valence-corrected chi connectivity index (χ1v) is 22.4. The fraction of sp³-hybridized carbons (Fsp3) is 0.244. The van der Waals surface area contributed by atoms with Gasteiger partial charge in [0.05, 0.1) is 17.4 Å². The van der Waals surface area contributed by atoms with Gasteiger partial charge in [0.25, 0.3) is 15.9 Å². The summed E-state index contributed by atoms with van der Waals surface area (Å²) < 4.78 is 57.9. The quantitative estimate of drug-likeness (QED) is 0.145. The summed E-state index contributed by atoms with van der Waals surface area (Å²) in [6, 6.07) is 36.6. The lowest BCUT2D eigenvalue weighted by molar-refractivity contribution is 0.0981. The van der Waals surface area contributed by atoms with Gasteiger partial charge in [0.2, 0.25) is 10.0 Å². The van der Waals surface area contributed by atoms with E-state index in [2.05, 4.69) is 68.4 Å². The number of halogens is 1. The highest BCUT2D eigenvalue weighted by Crippen LogP contribution is 2.37. The molecule has 0 radical (unpaired) electrons. The molecule has 0 bridgehead atoms. The van der Waals surface area contributed by atoms with Crippen molar-refractivity contribution in [3.05, 3.63) is 137 Å². The van der Waals surface area contributed by atoms with Crippen LogP contribution in [0.15, 0.2) is 130 Å². The molecule has 0 unspecified atom stereocenters. The van der Waals surface area contributed by atoms with Crippen LogP contribution < -0.4 is 14.9 Å².